The quantitative estimate of drug-likeness (QED) is 0.764. The molecule has 1 saturated heterocycles. The van der Waals surface area contributed by atoms with Gasteiger partial charge >= 0.3 is 0 Å². The van der Waals surface area contributed by atoms with Gasteiger partial charge in [-0.2, -0.15) is 0 Å². The Labute approximate surface area is 92.3 Å². The van der Waals surface area contributed by atoms with Crippen LogP contribution in [0.3, 0.4) is 0 Å². The van der Waals surface area contributed by atoms with Gasteiger partial charge in [0.1, 0.15) is 5.70 Å². The maximum atomic E-state index is 4.69. The molecule has 3 nitrogen and oxygen atoms in total. The van der Waals surface area contributed by atoms with Crippen LogP contribution in [0.15, 0.2) is 11.5 Å². The highest BCUT2D eigenvalue weighted by molar-refractivity contribution is 5.85. The third kappa shape index (κ3) is 2.16. The topological polar surface area (TPSA) is 29.4 Å². The molecule has 0 unspecified atom stereocenters. The molecule has 2 aliphatic rings. The SMILES string of the molecule is CCC1=[N+]C(N2CCCCC2)=C(CC)N1. The van der Waals surface area contributed by atoms with Crippen LogP contribution >= 0.6 is 0 Å². The van der Waals surface area contributed by atoms with Crippen LogP contribution in [0.5, 0.6) is 0 Å². The number of piperidine rings is 1. The van der Waals surface area contributed by atoms with E-state index in [0.29, 0.717) is 0 Å². The zero-order valence-electron chi connectivity index (χ0n) is 9.84. The zero-order chi connectivity index (χ0) is 10.7. The van der Waals surface area contributed by atoms with Crippen molar-refractivity contribution in [1.29, 1.82) is 0 Å². The molecular formula is C12H21N3+. The lowest BCUT2D eigenvalue weighted by Crippen LogP contribution is -2.31. The molecule has 0 amide bonds. The van der Waals surface area contributed by atoms with Crippen LogP contribution in [-0.2, 0) is 0 Å². The summed E-state index contributed by atoms with van der Waals surface area (Å²) in [6.45, 7) is 6.71. The molecule has 0 aliphatic carbocycles. The van der Waals surface area contributed by atoms with Gasteiger partial charge in [-0.25, -0.2) is 0 Å². The third-order valence-corrected chi connectivity index (χ3v) is 3.15. The molecule has 0 aromatic heterocycles. The molecule has 2 heterocycles. The van der Waals surface area contributed by atoms with Gasteiger partial charge in [0, 0.05) is 12.8 Å². The van der Waals surface area contributed by atoms with Gasteiger partial charge < -0.3 is 0 Å². The second-order valence-corrected chi connectivity index (χ2v) is 4.24. The van der Waals surface area contributed by atoms with Gasteiger partial charge in [-0.05, 0) is 19.3 Å². The maximum Gasteiger partial charge on any atom is 0.294 e. The lowest BCUT2D eigenvalue weighted by atomic mass is 10.1. The molecule has 1 radical (unpaired) electrons. The molecule has 0 aromatic carbocycles. The maximum absolute atomic E-state index is 4.69. The number of amidine groups is 1. The summed E-state index contributed by atoms with van der Waals surface area (Å²) in [5.74, 6) is 2.35. The predicted molar refractivity (Wildman–Crippen MR) is 63.3 cm³/mol. The monoisotopic (exact) mass is 207 g/mol. The van der Waals surface area contributed by atoms with Gasteiger partial charge in [0.15, 0.2) is 0 Å². The molecule has 83 valence electrons. The molecule has 1 N–H and O–H groups in total. The van der Waals surface area contributed by atoms with Crippen molar-refractivity contribution >= 4 is 5.84 Å². The van der Waals surface area contributed by atoms with E-state index in [4.69, 9.17) is 4.99 Å². The van der Waals surface area contributed by atoms with E-state index in [-0.39, 0.29) is 0 Å². The lowest BCUT2D eigenvalue weighted by Gasteiger charge is -2.22. The van der Waals surface area contributed by atoms with Gasteiger partial charge in [0.25, 0.3) is 5.82 Å². The summed E-state index contributed by atoms with van der Waals surface area (Å²) < 4.78 is 0. The zero-order valence-corrected chi connectivity index (χ0v) is 9.84. The Morgan fingerprint density at radius 3 is 2.47 bits per heavy atom. The van der Waals surface area contributed by atoms with E-state index in [1.165, 1.54) is 43.9 Å². The summed E-state index contributed by atoms with van der Waals surface area (Å²) in [5.41, 5.74) is 1.31. The Balaban J connectivity index is 2.12. The summed E-state index contributed by atoms with van der Waals surface area (Å²) in [6, 6.07) is 0. The summed E-state index contributed by atoms with van der Waals surface area (Å²) >= 11 is 0. The van der Waals surface area contributed by atoms with Crippen molar-refractivity contribution in [3.05, 3.63) is 11.5 Å². The number of nitrogens with one attached hydrogen (secondary N) is 1. The van der Waals surface area contributed by atoms with Crippen LogP contribution in [0.1, 0.15) is 46.0 Å². The van der Waals surface area contributed by atoms with Crippen LogP contribution in [0.2, 0.25) is 0 Å². The van der Waals surface area contributed by atoms with Gasteiger partial charge in [-0.3, -0.25) is 10.2 Å². The van der Waals surface area contributed by atoms with Crippen LogP contribution < -0.4 is 10.3 Å². The standard InChI is InChI=1S/C12H21N3/c1-3-10-12(14-11(4-2)13-10)15-8-6-5-7-9-15/h13H,3-9H2,1-2H3/q+1. The van der Waals surface area contributed by atoms with Crippen molar-refractivity contribution in [3.63, 3.8) is 0 Å². The Kier molecular flexibility index (Phi) is 3.29. The van der Waals surface area contributed by atoms with E-state index in [2.05, 4.69) is 24.1 Å². The first-order chi connectivity index (χ1) is 7.35. The smallest absolute Gasteiger partial charge is 0.287 e. The van der Waals surface area contributed by atoms with Gasteiger partial charge in [-0.15, -0.1) is 0 Å². The first kappa shape index (κ1) is 10.5. The number of likely N-dealkylation sites (tertiary alicyclic amines) is 1. The van der Waals surface area contributed by atoms with Crippen molar-refractivity contribution in [2.75, 3.05) is 13.1 Å². The third-order valence-electron chi connectivity index (χ3n) is 3.15. The van der Waals surface area contributed by atoms with E-state index < -0.39 is 0 Å². The molecule has 0 saturated carbocycles. The molecular weight excluding hydrogens is 186 g/mol. The second kappa shape index (κ2) is 4.69. The molecule has 1 fully saturated rings. The van der Waals surface area contributed by atoms with Gasteiger partial charge in [0.05, 0.1) is 13.1 Å². The number of allylic oxidation sites excluding steroid dienone is 1. The number of rotatable bonds is 3. The minimum absolute atomic E-state index is 1.00. The molecule has 3 heteroatoms. The second-order valence-electron chi connectivity index (χ2n) is 4.24. The average Bonchev–Trinajstić information content (AvgIpc) is 2.73. The van der Waals surface area contributed by atoms with Gasteiger partial charge in [0.2, 0.25) is 5.84 Å². The van der Waals surface area contributed by atoms with E-state index in [1.54, 1.807) is 0 Å². The summed E-state index contributed by atoms with van der Waals surface area (Å²) in [7, 11) is 0. The van der Waals surface area contributed by atoms with Gasteiger partial charge in [-0.1, -0.05) is 18.8 Å². The Morgan fingerprint density at radius 1 is 1.13 bits per heavy atom. The summed E-state index contributed by atoms with van der Waals surface area (Å²) in [4.78, 5) is 7.14. The van der Waals surface area contributed by atoms with Crippen molar-refractivity contribution in [1.82, 2.24) is 15.2 Å². The molecule has 0 spiro atoms. The molecule has 0 atom stereocenters. The van der Waals surface area contributed by atoms with Crippen LogP contribution in [0.4, 0.5) is 0 Å². The van der Waals surface area contributed by atoms with Crippen LogP contribution in [0.25, 0.3) is 0 Å². The largest absolute Gasteiger partial charge is 0.294 e. The molecule has 0 bridgehead atoms. The van der Waals surface area contributed by atoms with E-state index in [9.17, 15) is 0 Å². The van der Waals surface area contributed by atoms with E-state index in [1.807, 2.05) is 0 Å². The lowest BCUT2D eigenvalue weighted by molar-refractivity contribution is 0.275. The van der Waals surface area contributed by atoms with E-state index in [0.717, 1.165) is 18.7 Å². The fourth-order valence-electron chi connectivity index (χ4n) is 2.23. The fourth-order valence-corrected chi connectivity index (χ4v) is 2.23. The van der Waals surface area contributed by atoms with Crippen molar-refractivity contribution < 1.29 is 0 Å². The molecule has 15 heavy (non-hydrogen) atoms. The molecule has 0 aromatic rings. The highest BCUT2D eigenvalue weighted by Gasteiger charge is 2.29. The Morgan fingerprint density at radius 2 is 1.87 bits per heavy atom. The highest BCUT2D eigenvalue weighted by atomic mass is 15.3. The summed E-state index contributed by atoms with van der Waals surface area (Å²) in [5, 5.41) is 3.43. The highest BCUT2D eigenvalue weighted by Crippen LogP contribution is 2.18. The molecule has 2 aliphatic heterocycles. The van der Waals surface area contributed by atoms with Crippen molar-refractivity contribution in [2.45, 2.75) is 46.0 Å². The van der Waals surface area contributed by atoms with E-state index >= 15 is 0 Å². The first-order valence-electron chi connectivity index (χ1n) is 6.17. The average molecular weight is 207 g/mol. The number of nitrogens with zero attached hydrogens (tertiary/aromatic N) is 2. The molecule has 2 rings (SSSR count). The summed E-state index contributed by atoms with van der Waals surface area (Å²) in [6.07, 6.45) is 6.07. The minimum atomic E-state index is 1.00. The first-order valence-corrected chi connectivity index (χ1v) is 6.17. The number of hydrogen-bond donors (Lipinski definition) is 1. The number of aliphatic imine (C=N–C) groups is 1. The predicted octanol–water partition coefficient (Wildman–Crippen LogP) is 1.80. The van der Waals surface area contributed by atoms with Crippen LogP contribution in [0, 0.1) is 0 Å². The fraction of sp³-hybridized carbons (Fsp3) is 0.750. The number of hydrogen-bond acceptors (Lipinski definition) is 3. The Bertz CT molecular complexity index is 285. The minimum Gasteiger partial charge on any atom is -0.287 e. The Hall–Kier alpha value is -0.990. The normalized spacial score (nSPS) is 21.7. The van der Waals surface area contributed by atoms with Crippen molar-refractivity contribution in [2.24, 2.45) is 0 Å². The van der Waals surface area contributed by atoms with Crippen molar-refractivity contribution in [3.8, 4) is 0 Å². The van der Waals surface area contributed by atoms with Crippen LogP contribution in [-0.4, -0.2) is 23.8 Å².